The van der Waals surface area contributed by atoms with E-state index in [-0.39, 0.29) is 18.9 Å². The summed E-state index contributed by atoms with van der Waals surface area (Å²) in [4.78, 5) is 22.7. The molecule has 0 radical (unpaired) electrons. The molecule has 1 unspecified atom stereocenters. The number of rotatable bonds is 8. The van der Waals surface area contributed by atoms with E-state index in [1.165, 1.54) is 6.92 Å². The first kappa shape index (κ1) is 23.0. The normalized spacial score (nSPS) is 11.6. The zero-order valence-electron chi connectivity index (χ0n) is 17.9. The Kier molecular flexibility index (Phi) is 7.22. The Bertz CT molecular complexity index is 1140. The minimum Gasteiger partial charge on any atom is -0.489 e. The third kappa shape index (κ3) is 5.70. The monoisotopic (exact) mass is 436 g/mol. The molecule has 0 bridgehead atoms. The van der Waals surface area contributed by atoms with Crippen molar-refractivity contribution in [2.75, 3.05) is 5.32 Å². The van der Waals surface area contributed by atoms with Gasteiger partial charge in [-0.05, 0) is 42.3 Å². The smallest absolute Gasteiger partial charge is 0.307 e. The van der Waals surface area contributed by atoms with Gasteiger partial charge in [0.05, 0.1) is 6.42 Å². The molecule has 4 N–H and O–H groups in total. The number of amides is 1. The lowest BCUT2D eigenvalue weighted by atomic mass is 9.97. The molecule has 7 heteroatoms. The summed E-state index contributed by atoms with van der Waals surface area (Å²) in [5.74, 6) is -1.18. The van der Waals surface area contributed by atoms with Gasteiger partial charge in [-0.3, -0.25) is 9.59 Å². The molecule has 0 saturated heterocycles. The van der Waals surface area contributed by atoms with Crippen molar-refractivity contribution in [1.82, 2.24) is 0 Å². The fraction of sp³-hybridized carbons (Fsp3) is 0.200. The molecule has 6 nitrogen and oxygen atoms in total. The SMILES string of the molecule is CC(=O)Nc1cc(COc2ccccc2CC(=O)O)cc(-c2cccc(C(C)N)c2F)c1. The number of carbonyl (C=O) groups is 2. The molecule has 32 heavy (non-hydrogen) atoms. The number of nitrogens with one attached hydrogen (secondary N) is 1. The average molecular weight is 436 g/mol. The first-order valence-electron chi connectivity index (χ1n) is 10.1. The molecule has 0 aliphatic heterocycles. The zero-order chi connectivity index (χ0) is 23.3. The van der Waals surface area contributed by atoms with Gasteiger partial charge in [0.1, 0.15) is 18.2 Å². The van der Waals surface area contributed by atoms with E-state index < -0.39 is 17.8 Å². The molecule has 3 aromatic rings. The number of halogens is 1. The number of carbonyl (C=O) groups excluding carboxylic acids is 1. The van der Waals surface area contributed by atoms with E-state index in [2.05, 4.69) is 5.32 Å². The van der Waals surface area contributed by atoms with Crippen molar-refractivity contribution >= 4 is 17.6 Å². The molecule has 0 saturated carbocycles. The molecule has 0 spiro atoms. The first-order chi connectivity index (χ1) is 15.2. The summed E-state index contributed by atoms with van der Waals surface area (Å²) in [6, 6.07) is 16.6. The van der Waals surface area contributed by atoms with Crippen LogP contribution in [0.2, 0.25) is 0 Å². The number of carboxylic acid groups (broad SMARTS) is 1. The number of anilines is 1. The highest BCUT2D eigenvalue weighted by molar-refractivity contribution is 5.89. The molecule has 3 rings (SSSR count). The molecule has 0 aromatic heterocycles. The third-order valence-electron chi connectivity index (χ3n) is 4.85. The number of carboxylic acids is 1. The molecule has 0 heterocycles. The summed E-state index contributed by atoms with van der Waals surface area (Å²) in [6.45, 7) is 3.21. The number of hydrogen-bond acceptors (Lipinski definition) is 4. The Morgan fingerprint density at radius 1 is 1.12 bits per heavy atom. The van der Waals surface area contributed by atoms with Crippen LogP contribution in [0.1, 0.15) is 36.6 Å². The van der Waals surface area contributed by atoms with E-state index in [0.29, 0.717) is 39.3 Å². The van der Waals surface area contributed by atoms with Crippen LogP contribution < -0.4 is 15.8 Å². The predicted octanol–water partition coefficient (Wildman–Crippen LogP) is 4.68. The molecule has 1 amide bonds. The largest absolute Gasteiger partial charge is 0.489 e. The Morgan fingerprint density at radius 3 is 2.56 bits per heavy atom. The quantitative estimate of drug-likeness (QED) is 0.476. The van der Waals surface area contributed by atoms with Crippen LogP contribution in [0.25, 0.3) is 11.1 Å². The van der Waals surface area contributed by atoms with Gasteiger partial charge in [-0.2, -0.15) is 0 Å². The van der Waals surface area contributed by atoms with Crippen molar-refractivity contribution < 1.29 is 23.8 Å². The van der Waals surface area contributed by atoms with Crippen LogP contribution in [-0.2, 0) is 22.6 Å². The Labute approximate surface area is 185 Å². The summed E-state index contributed by atoms with van der Waals surface area (Å²) >= 11 is 0. The van der Waals surface area contributed by atoms with E-state index in [9.17, 15) is 9.59 Å². The van der Waals surface area contributed by atoms with Crippen molar-refractivity contribution in [1.29, 1.82) is 0 Å². The number of ether oxygens (including phenoxy) is 1. The van der Waals surface area contributed by atoms with Crippen LogP contribution in [0, 0.1) is 5.82 Å². The number of aliphatic carboxylic acids is 1. The number of nitrogens with two attached hydrogens (primary N) is 1. The van der Waals surface area contributed by atoms with E-state index in [0.717, 1.165) is 0 Å². The van der Waals surface area contributed by atoms with Gasteiger partial charge in [0.25, 0.3) is 0 Å². The summed E-state index contributed by atoms with van der Waals surface area (Å²) < 4.78 is 21.0. The van der Waals surface area contributed by atoms with E-state index in [1.807, 2.05) is 0 Å². The van der Waals surface area contributed by atoms with Gasteiger partial charge in [-0.15, -0.1) is 0 Å². The second-order valence-electron chi connectivity index (χ2n) is 7.56. The fourth-order valence-corrected chi connectivity index (χ4v) is 3.45. The topological polar surface area (TPSA) is 102 Å². The number of benzene rings is 3. The van der Waals surface area contributed by atoms with Crippen molar-refractivity contribution in [2.45, 2.75) is 32.9 Å². The molecule has 0 aliphatic rings. The summed E-state index contributed by atoms with van der Waals surface area (Å²) in [5, 5.41) is 11.8. The van der Waals surface area contributed by atoms with Crippen LogP contribution in [0.4, 0.5) is 10.1 Å². The van der Waals surface area contributed by atoms with E-state index >= 15 is 4.39 Å². The zero-order valence-corrected chi connectivity index (χ0v) is 17.9. The lowest BCUT2D eigenvalue weighted by Gasteiger charge is -2.15. The first-order valence-corrected chi connectivity index (χ1v) is 10.1. The highest BCUT2D eigenvalue weighted by Gasteiger charge is 2.15. The molecular formula is C25H25FN2O4. The Morgan fingerprint density at radius 2 is 1.88 bits per heavy atom. The summed E-state index contributed by atoms with van der Waals surface area (Å²) in [5.41, 5.74) is 8.94. The van der Waals surface area contributed by atoms with Gasteiger partial charge in [-0.1, -0.05) is 36.4 Å². The van der Waals surface area contributed by atoms with Crippen LogP contribution in [0.15, 0.2) is 60.7 Å². The molecule has 3 aromatic carbocycles. The molecule has 0 fully saturated rings. The Balaban J connectivity index is 1.97. The highest BCUT2D eigenvalue weighted by atomic mass is 19.1. The van der Waals surface area contributed by atoms with Crippen LogP contribution in [0.3, 0.4) is 0 Å². The maximum Gasteiger partial charge on any atom is 0.307 e. The number of para-hydroxylation sites is 1. The number of hydrogen-bond donors (Lipinski definition) is 3. The lowest BCUT2D eigenvalue weighted by molar-refractivity contribution is -0.136. The van der Waals surface area contributed by atoms with Gasteiger partial charge < -0.3 is 20.9 Å². The van der Waals surface area contributed by atoms with Crippen molar-refractivity contribution in [2.24, 2.45) is 5.73 Å². The predicted molar refractivity (Wildman–Crippen MR) is 121 cm³/mol. The fourth-order valence-electron chi connectivity index (χ4n) is 3.45. The van der Waals surface area contributed by atoms with Crippen molar-refractivity contribution in [3.63, 3.8) is 0 Å². The van der Waals surface area contributed by atoms with Crippen LogP contribution in [-0.4, -0.2) is 17.0 Å². The van der Waals surface area contributed by atoms with Crippen LogP contribution in [0.5, 0.6) is 5.75 Å². The van der Waals surface area contributed by atoms with Gasteiger partial charge in [-0.25, -0.2) is 4.39 Å². The summed E-state index contributed by atoms with van der Waals surface area (Å²) in [7, 11) is 0. The molecule has 1 atom stereocenters. The third-order valence-corrected chi connectivity index (χ3v) is 4.85. The van der Waals surface area contributed by atoms with Crippen molar-refractivity contribution in [3.8, 4) is 16.9 Å². The van der Waals surface area contributed by atoms with Gasteiger partial charge in [0, 0.05) is 35.3 Å². The maximum absolute atomic E-state index is 15.1. The average Bonchev–Trinajstić information content (AvgIpc) is 2.72. The van der Waals surface area contributed by atoms with Crippen molar-refractivity contribution in [3.05, 3.63) is 83.2 Å². The minimum atomic E-state index is -0.958. The highest BCUT2D eigenvalue weighted by Crippen LogP contribution is 2.31. The Hall–Kier alpha value is -3.71. The maximum atomic E-state index is 15.1. The second-order valence-corrected chi connectivity index (χ2v) is 7.56. The van der Waals surface area contributed by atoms with Gasteiger partial charge in [0.2, 0.25) is 5.91 Å². The van der Waals surface area contributed by atoms with E-state index in [1.54, 1.807) is 67.6 Å². The molecular weight excluding hydrogens is 411 g/mol. The second kappa shape index (κ2) is 10.1. The van der Waals surface area contributed by atoms with Gasteiger partial charge >= 0.3 is 5.97 Å². The van der Waals surface area contributed by atoms with E-state index in [4.69, 9.17) is 15.6 Å². The minimum absolute atomic E-state index is 0.103. The summed E-state index contributed by atoms with van der Waals surface area (Å²) in [6.07, 6.45) is -0.164. The van der Waals surface area contributed by atoms with Crippen LogP contribution >= 0.6 is 0 Å². The van der Waals surface area contributed by atoms with Gasteiger partial charge in [0.15, 0.2) is 0 Å². The standard InChI is InChI=1S/C25H25FN2O4/c1-15(27)21-7-5-8-22(25(21)26)19-10-17(11-20(12-19)28-16(2)29)14-32-23-9-4-3-6-18(23)13-24(30)31/h3-12,15H,13-14,27H2,1-2H3,(H,28,29)(H,30,31). The molecule has 0 aliphatic carbocycles. The lowest BCUT2D eigenvalue weighted by Crippen LogP contribution is -2.09. The molecule has 166 valence electrons.